The van der Waals surface area contributed by atoms with Crippen molar-refractivity contribution in [1.29, 1.82) is 0 Å². The minimum Gasteiger partial charge on any atom is -0.463 e. The van der Waals surface area contributed by atoms with Crippen LogP contribution in [0.1, 0.15) is 55.6 Å². The van der Waals surface area contributed by atoms with Gasteiger partial charge in [-0.1, -0.05) is 12.8 Å². The standard InChI is InChI=1S/C16H26N2O/c1-12-9-14(19-16(12)10-17)11-18-8-4-7-15(18)13-5-2-3-6-13/h9,13,15H,2-8,10-11,17H2,1H3. The molecule has 2 fully saturated rings. The lowest BCUT2D eigenvalue weighted by atomic mass is 9.96. The monoisotopic (exact) mass is 262 g/mol. The zero-order chi connectivity index (χ0) is 13.2. The topological polar surface area (TPSA) is 42.4 Å². The van der Waals surface area contributed by atoms with Crippen molar-refractivity contribution >= 4 is 0 Å². The fraction of sp³-hybridized carbons (Fsp3) is 0.750. The molecule has 0 aromatic carbocycles. The van der Waals surface area contributed by atoms with Gasteiger partial charge < -0.3 is 10.2 Å². The number of hydrogen-bond acceptors (Lipinski definition) is 3. The van der Waals surface area contributed by atoms with Gasteiger partial charge in [0.25, 0.3) is 0 Å². The van der Waals surface area contributed by atoms with Crippen LogP contribution in [0.2, 0.25) is 0 Å². The molecule has 0 spiro atoms. The highest BCUT2D eigenvalue weighted by molar-refractivity contribution is 5.20. The van der Waals surface area contributed by atoms with Crippen molar-refractivity contribution in [3.8, 4) is 0 Å². The van der Waals surface area contributed by atoms with Crippen LogP contribution in [0.5, 0.6) is 0 Å². The number of rotatable bonds is 4. The van der Waals surface area contributed by atoms with Crippen molar-refractivity contribution in [3.63, 3.8) is 0 Å². The first kappa shape index (κ1) is 13.2. The van der Waals surface area contributed by atoms with Gasteiger partial charge in [0.2, 0.25) is 0 Å². The lowest BCUT2D eigenvalue weighted by Gasteiger charge is -2.28. The van der Waals surface area contributed by atoms with E-state index in [1.165, 1.54) is 50.6 Å². The molecule has 1 aromatic rings. The Labute approximate surface area is 116 Å². The summed E-state index contributed by atoms with van der Waals surface area (Å²) in [6.07, 6.45) is 8.48. The SMILES string of the molecule is Cc1cc(CN2CCCC2C2CCCC2)oc1CN. The molecule has 0 amide bonds. The fourth-order valence-electron chi connectivity index (χ4n) is 4.00. The third kappa shape index (κ3) is 2.72. The summed E-state index contributed by atoms with van der Waals surface area (Å²) in [5.41, 5.74) is 6.89. The number of nitrogens with zero attached hydrogens (tertiary/aromatic N) is 1. The summed E-state index contributed by atoms with van der Waals surface area (Å²) in [7, 11) is 0. The first-order valence-corrected chi connectivity index (χ1v) is 7.80. The summed E-state index contributed by atoms with van der Waals surface area (Å²) >= 11 is 0. The maximum Gasteiger partial charge on any atom is 0.120 e. The van der Waals surface area contributed by atoms with E-state index in [1.54, 1.807) is 0 Å². The highest BCUT2D eigenvalue weighted by Gasteiger charge is 2.33. The van der Waals surface area contributed by atoms with E-state index < -0.39 is 0 Å². The number of hydrogen-bond donors (Lipinski definition) is 1. The molecular formula is C16H26N2O. The molecule has 2 N–H and O–H groups in total. The highest BCUT2D eigenvalue weighted by Crippen LogP contribution is 2.36. The average Bonchev–Trinajstić information content (AvgIpc) is 3.09. The van der Waals surface area contributed by atoms with Gasteiger partial charge in [-0.05, 0) is 56.7 Å². The Morgan fingerprint density at radius 1 is 1.26 bits per heavy atom. The number of likely N-dealkylation sites (tertiary alicyclic amines) is 1. The highest BCUT2D eigenvalue weighted by atomic mass is 16.3. The summed E-state index contributed by atoms with van der Waals surface area (Å²) < 4.78 is 5.87. The summed E-state index contributed by atoms with van der Waals surface area (Å²) in [4.78, 5) is 2.65. The number of aryl methyl sites for hydroxylation is 1. The minimum absolute atomic E-state index is 0.512. The van der Waals surface area contributed by atoms with Crippen molar-refractivity contribution in [3.05, 3.63) is 23.2 Å². The van der Waals surface area contributed by atoms with Gasteiger partial charge in [-0.2, -0.15) is 0 Å². The average molecular weight is 262 g/mol. The molecular weight excluding hydrogens is 236 g/mol. The van der Waals surface area contributed by atoms with Crippen LogP contribution in [0.15, 0.2) is 10.5 Å². The molecule has 1 aliphatic heterocycles. The van der Waals surface area contributed by atoms with E-state index in [9.17, 15) is 0 Å². The zero-order valence-corrected chi connectivity index (χ0v) is 12.0. The van der Waals surface area contributed by atoms with Gasteiger partial charge in [-0.3, -0.25) is 4.90 Å². The molecule has 1 aliphatic carbocycles. The first-order valence-electron chi connectivity index (χ1n) is 7.80. The third-order valence-electron chi connectivity index (χ3n) is 4.97. The Bertz CT molecular complexity index is 420. The molecule has 0 bridgehead atoms. The van der Waals surface area contributed by atoms with Gasteiger partial charge in [0.15, 0.2) is 0 Å². The van der Waals surface area contributed by atoms with Crippen LogP contribution < -0.4 is 5.73 Å². The zero-order valence-electron chi connectivity index (χ0n) is 12.0. The Hall–Kier alpha value is -0.800. The van der Waals surface area contributed by atoms with Crippen molar-refractivity contribution < 1.29 is 4.42 Å². The molecule has 1 unspecified atom stereocenters. The second-order valence-electron chi connectivity index (χ2n) is 6.25. The predicted octanol–water partition coefficient (Wildman–Crippen LogP) is 3.20. The fourth-order valence-corrected chi connectivity index (χ4v) is 4.00. The van der Waals surface area contributed by atoms with Crippen LogP contribution in [0.4, 0.5) is 0 Å². The second kappa shape index (κ2) is 5.68. The van der Waals surface area contributed by atoms with E-state index in [1.807, 2.05) is 0 Å². The van der Waals surface area contributed by atoms with Crippen molar-refractivity contribution in [2.24, 2.45) is 11.7 Å². The molecule has 1 atom stereocenters. The maximum atomic E-state index is 5.87. The molecule has 1 saturated heterocycles. The number of furan rings is 1. The van der Waals surface area contributed by atoms with Crippen LogP contribution in [0.25, 0.3) is 0 Å². The number of nitrogens with two attached hydrogens (primary N) is 1. The first-order chi connectivity index (χ1) is 9.28. The largest absolute Gasteiger partial charge is 0.463 e. The van der Waals surface area contributed by atoms with E-state index in [-0.39, 0.29) is 0 Å². The molecule has 3 nitrogen and oxygen atoms in total. The lowest BCUT2D eigenvalue weighted by Crippen LogP contribution is -2.34. The van der Waals surface area contributed by atoms with Crippen LogP contribution in [0.3, 0.4) is 0 Å². The Morgan fingerprint density at radius 3 is 2.74 bits per heavy atom. The molecule has 19 heavy (non-hydrogen) atoms. The molecule has 1 saturated carbocycles. The van der Waals surface area contributed by atoms with E-state index in [2.05, 4.69) is 17.9 Å². The van der Waals surface area contributed by atoms with Gasteiger partial charge in [0.05, 0.1) is 13.1 Å². The molecule has 2 heterocycles. The quantitative estimate of drug-likeness (QED) is 0.906. The minimum atomic E-state index is 0.512. The van der Waals surface area contributed by atoms with Crippen molar-refractivity contribution in [2.45, 2.75) is 64.6 Å². The Morgan fingerprint density at radius 2 is 2.05 bits per heavy atom. The van der Waals surface area contributed by atoms with Crippen molar-refractivity contribution in [2.75, 3.05) is 6.54 Å². The second-order valence-corrected chi connectivity index (χ2v) is 6.25. The van der Waals surface area contributed by atoms with Gasteiger partial charge in [-0.25, -0.2) is 0 Å². The summed E-state index contributed by atoms with van der Waals surface area (Å²) in [5, 5.41) is 0. The molecule has 2 aliphatic rings. The third-order valence-corrected chi connectivity index (χ3v) is 4.97. The van der Waals surface area contributed by atoms with E-state index in [0.717, 1.165) is 30.0 Å². The van der Waals surface area contributed by atoms with Crippen LogP contribution in [-0.2, 0) is 13.1 Å². The molecule has 3 rings (SSSR count). The normalized spacial score (nSPS) is 25.5. The van der Waals surface area contributed by atoms with Crippen LogP contribution >= 0.6 is 0 Å². The molecule has 1 aromatic heterocycles. The lowest BCUT2D eigenvalue weighted by molar-refractivity contribution is 0.170. The predicted molar refractivity (Wildman–Crippen MR) is 76.7 cm³/mol. The summed E-state index contributed by atoms with van der Waals surface area (Å²) in [5.74, 6) is 2.99. The summed E-state index contributed by atoms with van der Waals surface area (Å²) in [6.45, 7) is 4.81. The van der Waals surface area contributed by atoms with Crippen LogP contribution in [0, 0.1) is 12.8 Å². The van der Waals surface area contributed by atoms with Gasteiger partial charge in [0, 0.05) is 6.04 Å². The molecule has 3 heteroatoms. The van der Waals surface area contributed by atoms with Gasteiger partial charge in [-0.15, -0.1) is 0 Å². The maximum absolute atomic E-state index is 5.87. The van der Waals surface area contributed by atoms with E-state index in [0.29, 0.717) is 6.54 Å². The van der Waals surface area contributed by atoms with Gasteiger partial charge in [0.1, 0.15) is 11.5 Å². The molecule has 0 radical (unpaired) electrons. The van der Waals surface area contributed by atoms with E-state index in [4.69, 9.17) is 10.2 Å². The molecule has 106 valence electrons. The van der Waals surface area contributed by atoms with E-state index >= 15 is 0 Å². The van der Waals surface area contributed by atoms with Crippen molar-refractivity contribution in [1.82, 2.24) is 4.90 Å². The summed E-state index contributed by atoms with van der Waals surface area (Å²) in [6, 6.07) is 2.97. The smallest absolute Gasteiger partial charge is 0.120 e. The Kier molecular flexibility index (Phi) is 3.94. The Balaban J connectivity index is 1.67. The van der Waals surface area contributed by atoms with Crippen LogP contribution in [-0.4, -0.2) is 17.5 Å². The van der Waals surface area contributed by atoms with Gasteiger partial charge >= 0.3 is 0 Å².